The Balaban J connectivity index is 2.17. The minimum absolute atomic E-state index is 0.0954. The quantitative estimate of drug-likeness (QED) is 0.867. The lowest BCUT2D eigenvalue weighted by molar-refractivity contribution is 0.574. The molecule has 0 aliphatic carbocycles. The average molecular weight is 297 g/mol. The number of nitrogens with two attached hydrogens (primary N) is 1. The lowest BCUT2D eigenvalue weighted by Gasteiger charge is -2.05. The molecule has 0 radical (unpaired) electrons. The van der Waals surface area contributed by atoms with Crippen LogP contribution in [-0.4, -0.2) is 13.0 Å². The summed E-state index contributed by atoms with van der Waals surface area (Å²) in [5, 5.41) is 0. The van der Waals surface area contributed by atoms with Gasteiger partial charge in [0.2, 0.25) is 10.0 Å². The molecule has 7 heteroatoms. The third-order valence-electron chi connectivity index (χ3n) is 3.01. The van der Waals surface area contributed by atoms with Crippen LogP contribution in [0.1, 0.15) is 11.3 Å². The summed E-state index contributed by atoms with van der Waals surface area (Å²) in [4.78, 5) is 0.122. The first kappa shape index (κ1) is 14.7. The van der Waals surface area contributed by atoms with Gasteiger partial charge in [-0.3, -0.25) is 0 Å². The summed E-state index contributed by atoms with van der Waals surface area (Å²) in [5.74, 6) is -0.439. The van der Waals surface area contributed by atoms with Crippen LogP contribution in [0, 0.1) is 5.82 Å². The fraction of sp³-hybridized carbons (Fsp3) is 0.231. The van der Waals surface area contributed by atoms with Gasteiger partial charge >= 0.3 is 0 Å². The van der Waals surface area contributed by atoms with E-state index in [2.05, 4.69) is 4.72 Å². The molecule has 108 valence electrons. The number of nitrogens with one attached hydrogen (secondary N) is 1. The molecule has 0 aliphatic heterocycles. The molecule has 0 amide bonds. The molecule has 0 aliphatic rings. The van der Waals surface area contributed by atoms with Crippen molar-refractivity contribution >= 4 is 10.0 Å². The Morgan fingerprint density at radius 3 is 2.65 bits per heavy atom. The van der Waals surface area contributed by atoms with Crippen molar-refractivity contribution < 1.29 is 12.8 Å². The van der Waals surface area contributed by atoms with Gasteiger partial charge in [0.1, 0.15) is 5.82 Å². The van der Waals surface area contributed by atoms with E-state index in [1.54, 1.807) is 23.7 Å². The van der Waals surface area contributed by atoms with Gasteiger partial charge in [-0.25, -0.2) is 17.5 Å². The van der Waals surface area contributed by atoms with E-state index >= 15 is 0 Å². The van der Waals surface area contributed by atoms with Crippen molar-refractivity contribution in [3.8, 4) is 0 Å². The van der Waals surface area contributed by atoms with Gasteiger partial charge in [0.25, 0.3) is 0 Å². The van der Waals surface area contributed by atoms with Crippen molar-refractivity contribution in [3.63, 3.8) is 0 Å². The van der Waals surface area contributed by atoms with Crippen molar-refractivity contribution in [2.75, 3.05) is 0 Å². The largest absolute Gasteiger partial charge is 0.352 e. The average Bonchev–Trinajstić information content (AvgIpc) is 2.80. The summed E-state index contributed by atoms with van der Waals surface area (Å²) < 4.78 is 41.7. The summed E-state index contributed by atoms with van der Waals surface area (Å²) in [7, 11) is -1.96. The van der Waals surface area contributed by atoms with Crippen LogP contribution in [0.25, 0.3) is 0 Å². The number of sulfonamides is 1. The third-order valence-corrected chi connectivity index (χ3v) is 4.38. The predicted octanol–water partition coefficient (Wildman–Crippen LogP) is 1.10. The molecule has 3 N–H and O–H groups in total. The topological polar surface area (TPSA) is 77.1 Å². The number of benzene rings is 1. The second kappa shape index (κ2) is 5.74. The second-order valence-corrected chi connectivity index (χ2v) is 6.17. The monoisotopic (exact) mass is 297 g/mol. The van der Waals surface area contributed by atoms with E-state index < -0.39 is 15.8 Å². The Morgan fingerprint density at radius 1 is 1.35 bits per heavy atom. The Bertz CT molecular complexity index is 710. The van der Waals surface area contributed by atoms with Crippen molar-refractivity contribution in [1.29, 1.82) is 0 Å². The first-order valence-corrected chi connectivity index (χ1v) is 7.51. The normalized spacial score (nSPS) is 11.8. The van der Waals surface area contributed by atoms with Crippen LogP contribution in [0.3, 0.4) is 0 Å². The van der Waals surface area contributed by atoms with Crippen LogP contribution >= 0.6 is 0 Å². The molecule has 2 aromatic rings. The standard InChI is InChI=1S/C13H16FN3O2S/c1-17-9-12(6-11(17)7-15)20(18,19)16-8-10-4-2-3-5-13(10)14/h2-6,9,16H,7-8,15H2,1H3. The van der Waals surface area contributed by atoms with Crippen molar-refractivity contribution in [1.82, 2.24) is 9.29 Å². The maximum atomic E-state index is 13.4. The van der Waals surface area contributed by atoms with E-state index in [0.29, 0.717) is 11.3 Å². The summed E-state index contributed by atoms with van der Waals surface area (Å²) in [6.07, 6.45) is 1.48. The number of rotatable bonds is 5. The van der Waals surface area contributed by atoms with E-state index in [9.17, 15) is 12.8 Å². The SMILES string of the molecule is Cn1cc(S(=O)(=O)NCc2ccccc2F)cc1CN. The summed E-state index contributed by atoms with van der Waals surface area (Å²) in [6, 6.07) is 7.54. The van der Waals surface area contributed by atoms with Gasteiger partial charge < -0.3 is 10.3 Å². The summed E-state index contributed by atoms with van der Waals surface area (Å²) in [5.41, 5.74) is 6.51. The Hall–Kier alpha value is -1.70. The van der Waals surface area contributed by atoms with Gasteiger partial charge in [0.05, 0.1) is 4.90 Å². The molecular formula is C13H16FN3O2S. The molecule has 1 heterocycles. The highest BCUT2D eigenvalue weighted by Gasteiger charge is 2.17. The number of halogens is 1. The molecule has 20 heavy (non-hydrogen) atoms. The van der Waals surface area contributed by atoms with Crippen molar-refractivity contribution in [2.24, 2.45) is 12.8 Å². The lowest BCUT2D eigenvalue weighted by atomic mass is 10.2. The third kappa shape index (κ3) is 3.06. The van der Waals surface area contributed by atoms with Crippen LogP contribution < -0.4 is 10.5 Å². The Kier molecular flexibility index (Phi) is 4.22. The van der Waals surface area contributed by atoms with Gasteiger partial charge in [-0.2, -0.15) is 0 Å². The number of aromatic nitrogens is 1. The van der Waals surface area contributed by atoms with Gasteiger partial charge in [0.15, 0.2) is 0 Å². The number of aryl methyl sites for hydroxylation is 1. The van der Waals surface area contributed by atoms with E-state index in [-0.39, 0.29) is 18.0 Å². The van der Waals surface area contributed by atoms with Crippen molar-refractivity contribution in [2.45, 2.75) is 18.0 Å². The highest BCUT2D eigenvalue weighted by molar-refractivity contribution is 7.89. The van der Waals surface area contributed by atoms with Gasteiger partial charge in [0, 0.05) is 37.6 Å². The second-order valence-electron chi connectivity index (χ2n) is 4.40. The van der Waals surface area contributed by atoms with E-state index in [4.69, 9.17) is 5.73 Å². The lowest BCUT2D eigenvalue weighted by Crippen LogP contribution is -2.23. The Labute approximate surface area is 117 Å². The molecule has 0 bridgehead atoms. The van der Waals surface area contributed by atoms with Crippen molar-refractivity contribution in [3.05, 3.63) is 53.6 Å². The van der Waals surface area contributed by atoms with Crippen LogP contribution in [0.4, 0.5) is 4.39 Å². The van der Waals surface area contributed by atoms with Crippen LogP contribution in [0.5, 0.6) is 0 Å². The molecule has 0 saturated carbocycles. The zero-order valence-corrected chi connectivity index (χ0v) is 11.8. The zero-order valence-electron chi connectivity index (χ0n) is 11.0. The first-order chi connectivity index (χ1) is 9.44. The highest BCUT2D eigenvalue weighted by atomic mass is 32.2. The Morgan fingerprint density at radius 2 is 2.05 bits per heavy atom. The van der Waals surface area contributed by atoms with Crippen LogP contribution in [-0.2, 0) is 30.2 Å². The molecule has 5 nitrogen and oxygen atoms in total. The molecule has 0 spiro atoms. The molecule has 0 fully saturated rings. The number of hydrogen-bond acceptors (Lipinski definition) is 3. The van der Waals surface area contributed by atoms with Gasteiger partial charge in [-0.1, -0.05) is 18.2 Å². The molecule has 1 aromatic carbocycles. The summed E-state index contributed by atoms with van der Waals surface area (Å²) >= 11 is 0. The van der Waals surface area contributed by atoms with Crippen LogP contribution in [0.15, 0.2) is 41.4 Å². The molecule has 0 atom stereocenters. The smallest absolute Gasteiger partial charge is 0.242 e. The number of hydrogen-bond donors (Lipinski definition) is 2. The maximum Gasteiger partial charge on any atom is 0.242 e. The molecule has 1 aromatic heterocycles. The molecule has 2 rings (SSSR count). The van der Waals surface area contributed by atoms with Gasteiger partial charge in [-0.15, -0.1) is 0 Å². The predicted molar refractivity (Wildman–Crippen MR) is 73.7 cm³/mol. The van der Waals surface area contributed by atoms with Crippen LogP contribution in [0.2, 0.25) is 0 Å². The fourth-order valence-corrected chi connectivity index (χ4v) is 2.93. The first-order valence-electron chi connectivity index (χ1n) is 6.02. The molecule has 0 unspecified atom stereocenters. The molecule has 0 saturated heterocycles. The maximum absolute atomic E-state index is 13.4. The minimum Gasteiger partial charge on any atom is -0.352 e. The summed E-state index contributed by atoms with van der Waals surface area (Å²) in [6.45, 7) is 0.154. The number of nitrogens with zero attached hydrogens (tertiary/aromatic N) is 1. The van der Waals surface area contributed by atoms with E-state index in [1.165, 1.54) is 24.4 Å². The highest BCUT2D eigenvalue weighted by Crippen LogP contribution is 2.14. The van der Waals surface area contributed by atoms with E-state index in [1.807, 2.05) is 0 Å². The zero-order chi connectivity index (χ0) is 14.8. The van der Waals surface area contributed by atoms with Gasteiger partial charge in [-0.05, 0) is 12.1 Å². The van der Waals surface area contributed by atoms with E-state index in [0.717, 1.165) is 0 Å². The fourth-order valence-electron chi connectivity index (χ4n) is 1.82. The minimum atomic E-state index is -3.68. The molecular weight excluding hydrogens is 281 g/mol.